The third-order valence-electron chi connectivity index (χ3n) is 3.30. The smallest absolute Gasteiger partial charge is 0.404 e. The number of halogens is 1. The van der Waals surface area contributed by atoms with Crippen LogP contribution in [0.2, 0.25) is 0 Å². The van der Waals surface area contributed by atoms with E-state index in [1.807, 2.05) is 16.7 Å². The molecular formula is C14H14ClN5O2. The first-order valence-corrected chi connectivity index (χ1v) is 7.31. The van der Waals surface area contributed by atoms with Gasteiger partial charge in [0.1, 0.15) is 16.9 Å². The van der Waals surface area contributed by atoms with Crippen molar-refractivity contribution < 1.29 is 9.53 Å². The molecule has 3 aromatic heterocycles. The minimum atomic E-state index is -0.774. The highest BCUT2D eigenvalue weighted by Crippen LogP contribution is 2.24. The quantitative estimate of drug-likeness (QED) is 0.574. The number of rotatable bonds is 5. The molecule has 3 heterocycles. The highest BCUT2D eigenvalue weighted by molar-refractivity contribution is 6.17. The van der Waals surface area contributed by atoms with Crippen molar-refractivity contribution in [1.82, 2.24) is 19.5 Å². The van der Waals surface area contributed by atoms with Gasteiger partial charge in [-0.3, -0.25) is 9.97 Å². The summed E-state index contributed by atoms with van der Waals surface area (Å²) >= 11 is 5.99. The van der Waals surface area contributed by atoms with Crippen molar-refractivity contribution in [2.24, 2.45) is 5.73 Å². The molecule has 2 N–H and O–H groups in total. The molecule has 0 aliphatic rings. The van der Waals surface area contributed by atoms with Crippen LogP contribution in [0.1, 0.15) is 12.2 Å². The summed E-state index contributed by atoms with van der Waals surface area (Å²) in [4.78, 5) is 23.9. The number of hydrogen-bond acceptors (Lipinski definition) is 5. The van der Waals surface area contributed by atoms with Crippen molar-refractivity contribution in [2.75, 3.05) is 6.61 Å². The van der Waals surface area contributed by atoms with Gasteiger partial charge in [0.15, 0.2) is 0 Å². The number of ether oxygens (including phenoxy) is 1. The summed E-state index contributed by atoms with van der Waals surface area (Å²) in [5, 5.41) is 0. The van der Waals surface area contributed by atoms with Crippen molar-refractivity contribution >= 4 is 39.8 Å². The molecule has 0 aromatic carbocycles. The van der Waals surface area contributed by atoms with E-state index in [0.717, 1.165) is 27.9 Å². The lowest BCUT2D eigenvalue weighted by Gasteiger charge is -2.08. The number of imidazole rings is 1. The fourth-order valence-corrected chi connectivity index (χ4v) is 2.62. The first-order chi connectivity index (χ1) is 10.7. The Kier molecular flexibility index (Phi) is 4.06. The van der Waals surface area contributed by atoms with Gasteiger partial charge < -0.3 is 15.0 Å². The number of primary amides is 1. The summed E-state index contributed by atoms with van der Waals surface area (Å²) in [7, 11) is 0. The van der Waals surface area contributed by atoms with Gasteiger partial charge in [0, 0.05) is 12.7 Å². The van der Waals surface area contributed by atoms with Crippen LogP contribution >= 0.6 is 11.6 Å². The fraction of sp³-hybridized carbons (Fsp3) is 0.286. The van der Waals surface area contributed by atoms with Crippen LogP contribution in [-0.4, -0.2) is 32.2 Å². The van der Waals surface area contributed by atoms with Crippen molar-refractivity contribution in [2.45, 2.75) is 18.8 Å². The Bertz CT molecular complexity index is 833. The van der Waals surface area contributed by atoms with Gasteiger partial charge in [-0.15, -0.1) is 11.6 Å². The Morgan fingerprint density at radius 2 is 2.23 bits per heavy atom. The van der Waals surface area contributed by atoms with Crippen molar-refractivity contribution in [3.8, 4) is 0 Å². The van der Waals surface area contributed by atoms with E-state index in [4.69, 9.17) is 22.1 Å². The highest BCUT2D eigenvalue weighted by atomic mass is 35.5. The molecule has 114 valence electrons. The zero-order valence-electron chi connectivity index (χ0n) is 11.7. The molecular weight excluding hydrogens is 306 g/mol. The number of aromatic nitrogens is 4. The molecule has 8 heteroatoms. The summed E-state index contributed by atoms with van der Waals surface area (Å²) < 4.78 is 6.75. The number of nitrogens with zero attached hydrogens (tertiary/aromatic N) is 4. The number of hydrogen-bond donors (Lipinski definition) is 1. The molecule has 22 heavy (non-hydrogen) atoms. The fourth-order valence-electron chi connectivity index (χ4n) is 2.41. The lowest BCUT2D eigenvalue weighted by molar-refractivity contribution is 0.154. The largest absolute Gasteiger partial charge is 0.450 e. The molecule has 1 amide bonds. The Morgan fingerprint density at radius 1 is 1.36 bits per heavy atom. The number of fused-ring (bicyclic) bond motifs is 3. The molecule has 0 saturated carbocycles. The van der Waals surface area contributed by atoms with Crippen LogP contribution < -0.4 is 5.73 Å². The predicted octanol–water partition coefficient (Wildman–Crippen LogP) is 2.20. The Balaban J connectivity index is 2.02. The minimum Gasteiger partial charge on any atom is -0.450 e. The maximum atomic E-state index is 10.6. The van der Waals surface area contributed by atoms with Crippen LogP contribution in [0, 0.1) is 0 Å². The summed E-state index contributed by atoms with van der Waals surface area (Å²) in [5.74, 6) is 1.01. The lowest BCUT2D eigenvalue weighted by atomic mass is 10.3. The van der Waals surface area contributed by atoms with Gasteiger partial charge >= 0.3 is 6.09 Å². The van der Waals surface area contributed by atoms with Gasteiger partial charge in [0.2, 0.25) is 0 Å². The normalized spacial score (nSPS) is 11.1. The number of pyridine rings is 2. The molecule has 0 spiro atoms. The molecule has 0 atom stereocenters. The third kappa shape index (κ3) is 2.67. The zero-order chi connectivity index (χ0) is 15.5. The van der Waals surface area contributed by atoms with E-state index < -0.39 is 6.09 Å². The zero-order valence-corrected chi connectivity index (χ0v) is 12.5. The average Bonchev–Trinajstić information content (AvgIpc) is 2.89. The number of amides is 1. The molecule has 0 radical (unpaired) electrons. The van der Waals surface area contributed by atoms with Gasteiger partial charge in [-0.25, -0.2) is 9.78 Å². The van der Waals surface area contributed by atoms with Crippen molar-refractivity contribution in [1.29, 1.82) is 0 Å². The molecule has 0 fully saturated rings. The Hall–Kier alpha value is -2.41. The van der Waals surface area contributed by atoms with Gasteiger partial charge in [-0.1, -0.05) is 0 Å². The topological polar surface area (TPSA) is 95.9 Å². The van der Waals surface area contributed by atoms with Crippen LogP contribution in [0.15, 0.2) is 24.5 Å². The van der Waals surface area contributed by atoms with Crippen LogP contribution in [0.25, 0.3) is 22.1 Å². The van der Waals surface area contributed by atoms with E-state index in [2.05, 4.69) is 15.0 Å². The van der Waals surface area contributed by atoms with E-state index in [-0.39, 0.29) is 12.5 Å². The molecule has 3 rings (SSSR count). The summed E-state index contributed by atoms with van der Waals surface area (Å²) in [6.07, 6.45) is 3.27. The van der Waals surface area contributed by atoms with Gasteiger partial charge in [-0.05, 0) is 18.6 Å². The van der Waals surface area contributed by atoms with Crippen LogP contribution in [0.5, 0.6) is 0 Å². The maximum absolute atomic E-state index is 10.6. The van der Waals surface area contributed by atoms with Crippen LogP contribution in [0.3, 0.4) is 0 Å². The number of nitrogens with two attached hydrogens (primary N) is 1. The summed E-state index contributed by atoms with van der Waals surface area (Å²) in [6.45, 7) is 0.842. The Labute approximate surface area is 131 Å². The van der Waals surface area contributed by atoms with E-state index >= 15 is 0 Å². The van der Waals surface area contributed by atoms with E-state index in [0.29, 0.717) is 13.0 Å². The third-order valence-corrected chi connectivity index (χ3v) is 3.54. The summed E-state index contributed by atoms with van der Waals surface area (Å²) in [5.41, 5.74) is 8.16. The van der Waals surface area contributed by atoms with E-state index in [1.54, 1.807) is 12.4 Å². The van der Waals surface area contributed by atoms with Crippen LogP contribution in [0.4, 0.5) is 4.79 Å². The standard InChI is InChI=1S/C14H14ClN5O2/c15-7-11-19-10-8-18-9-3-1-4-17-12(9)13(10)20(11)5-2-6-22-14(16)21/h1,3-4,8H,2,5-7H2,(H2,16,21). The van der Waals surface area contributed by atoms with Gasteiger partial charge in [0.25, 0.3) is 0 Å². The van der Waals surface area contributed by atoms with Crippen LogP contribution in [-0.2, 0) is 17.2 Å². The first kappa shape index (κ1) is 14.5. The second-order valence-electron chi connectivity index (χ2n) is 4.70. The molecule has 0 saturated heterocycles. The second kappa shape index (κ2) is 6.15. The monoisotopic (exact) mass is 319 g/mol. The number of carbonyl (C=O) groups excluding carboxylic acids is 1. The molecule has 0 unspecified atom stereocenters. The molecule has 3 aromatic rings. The minimum absolute atomic E-state index is 0.243. The predicted molar refractivity (Wildman–Crippen MR) is 82.5 cm³/mol. The van der Waals surface area contributed by atoms with Gasteiger partial charge in [-0.2, -0.15) is 0 Å². The average molecular weight is 320 g/mol. The van der Waals surface area contributed by atoms with E-state index in [1.165, 1.54) is 0 Å². The maximum Gasteiger partial charge on any atom is 0.404 e. The first-order valence-electron chi connectivity index (χ1n) is 6.77. The summed E-state index contributed by atoms with van der Waals surface area (Å²) in [6, 6.07) is 3.74. The van der Waals surface area contributed by atoms with Crippen molar-refractivity contribution in [3.05, 3.63) is 30.4 Å². The lowest BCUT2D eigenvalue weighted by Crippen LogP contribution is -2.15. The molecule has 7 nitrogen and oxygen atoms in total. The molecule has 0 bridgehead atoms. The number of alkyl halides is 1. The van der Waals surface area contributed by atoms with Crippen molar-refractivity contribution in [3.63, 3.8) is 0 Å². The van der Waals surface area contributed by atoms with E-state index in [9.17, 15) is 4.79 Å². The molecule has 0 aliphatic carbocycles. The second-order valence-corrected chi connectivity index (χ2v) is 4.96. The Morgan fingerprint density at radius 3 is 3.00 bits per heavy atom. The molecule has 0 aliphatic heterocycles. The number of aryl methyl sites for hydroxylation is 1. The van der Waals surface area contributed by atoms with Gasteiger partial charge in [0.05, 0.1) is 29.7 Å². The number of carbonyl (C=O) groups is 1. The SMILES string of the molecule is NC(=O)OCCCn1c(CCl)nc2cnc3cccnc3c21. The highest BCUT2D eigenvalue weighted by Gasteiger charge is 2.14.